The maximum atomic E-state index is 12.7. The van der Waals surface area contributed by atoms with Crippen molar-refractivity contribution in [3.8, 4) is 0 Å². The average molecular weight is 372 g/mol. The predicted octanol–water partition coefficient (Wildman–Crippen LogP) is 3.01. The number of primary amides is 1. The lowest BCUT2D eigenvalue weighted by Crippen LogP contribution is -2.43. The molecule has 1 atom stereocenters. The summed E-state index contributed by atoms with van der Waals surface area (Å²) in [4.78, 5) is 26.1. The van der Waals surface area contributed by atoms with E-state index in [9.17, 15) is 9.59 Å². The second-order valence-corrected chi connectivity index (χ2v) is 8.26. The Labute approximate surface area is 162 Å². The number of amides is 2. The standard InChI is InChI=1S/C22H33N3O2/c23-20(26)15-25(14-13-17-7-3-1-4-8-17)16-21(27)24-22(19-11-12-19)18-9-5-2-6-10-18/h2,5-6,9-10,17,19,22H,1,3-4,7-8,11-16H2,(H2,23,26)(H,24,27). The van der Waals surface area contributed by atoms with Crippen molar-refractivity contribution in [3.63, 3.8) is 0 Å². The molecular formula is C22H33N3O2. The molecular weight excluding hydrogens is 338 g/mol. The zero-order valence-corrected chi connectivity index (χ0v) is 16.2. The van der Waals surface area contributed by atoms with Crippen LogP contribution in [0, 0.1) is 11.8 Å². The first-order chi connectivity index (χ1) is 13.1. The predicted molar refractivity (Wildman–Crippen MR) is 107 cm³/mol. The number of carbonyl (C=O) groups excluding carboxylic acids is 2. The number of hydrogen-bond donors (Lipinski definition) is 2. The molecule has 0 heterocycles. The van der Waals surface area contributed by atoms with E-state index >= 15 is 0 Å². The Bertz CT molecular complexity index is 609. The highest BCUT2D eigenvalue weighted by molar-refractivity contribution is 5.80. The molecule has 5 heteroatoms. The molecule has 2 aliphatic carbocycles. The fourth-order valence-electron chi connectivity index (χ4n) is 4.26. The van der Waals surface area contributed by atoms with Gasteiger partial charge in [-0.2, -0.15) is 0 Å². The van der Waals surface area contributed by atoms with Gasteiger partial charge in [-0.25, -0.2) is 0 Å². The Balaban J connectivity index is 1.53. The van der Waals surface area contributed by atoms with Gasteiger partial charge < -0.3 is 11.1 Å². The highest BCUT2D eigenvalue weighted by Crippen LogP contribution is 2.40. The Hall–Kier alpha value is -1.88. The number of nitrogens with zero attached hydrogens (tertiary/aromatic N) is 1. The molecule has 1 aromatic rings. The first kappa shape index (κ1) is 19.9. The smallest absolute Gasteiger partial charge is 0.234 e. The van der Waals surface area contributed by atoms with Crippen molar-refractivity contribution in [3.05, 3.63) is 35.9 Å². The molecule has 2 fully saturated rings. The number of nitrogens with one attached hydrogen (secondary N) is 1. The summed E-state index contributed by atoms with van der Waals surface area (Å²) in [6.45, 7) is 1.16. The Morgan fingerprint density at radius 3 is 2.37 bits per heavy atom. The van der Waals surface area contributed by atoms with E-state index in [1.165, 1.54) is 32.1 Å². The van der Waals surface area contributed by atoms with Crippen LogP contribution in [0.2, 0.25) is 0 Å². The van der Waals surface area contributed by atoms with Crippen molar-refractivity contribution in [2.24, 2.45) is 17.6 Å². The van der Waals surface area contributed by atoms with Crippen LogP contribution >= 0.6 is 0 Å². The van der Waals surface area contributed by atoms with Crippen LogP contribution in [0.1, 0.15) is 63.0 Å². The minimum Gasteiger partial charge on any atom is -0.369 e. The van der Waals surface area contributed by atoms with Gasteiger partial charge in [0.15, 0.2) is 0 Å². The van der Waals surface area contributed by atoms with Gasteiger partial charge in [0.05, 0.1) is 19.1 Å². The first-order valence-electron chi connectivity index (χ1n) is 10.5. The van der Waals surface area contributed by atoms with E-state index in [1.807, 2.05) is 23.1 Å². The molecule has 2 saturated carbocycles. The van der Waals surface area contributed by atoms with Crippen LogP contribution in [-0.4, -0.2) is 36.3 Å². The highest BCUT2D eigenvalue weighted by atomic mass is 16.2. The fourth-order valence-corrected chi connectivity index (χ4v) is 4.26. The molecule has 1 unspecified atom stereocenters. The Morgan fingerprint density at radius 2 is 1.74 bits per heavy atom. The summed E-state index contributed by atoms with van der Waals surface area (Å²) in [5.41, 5.74) is 6.58. The van der Waals surface area contributed by atoms with Crippen LogP contribution in [0.5, 0.6) is 0 Å². The molecule has 0 aromatic heterocycles. The third-order valence-corrected chi connectivity index (χ3v) is 5.89. The number of nitrogens with two attached hydrogens (primary N) is 1. The molecule has 5 nitrogen and oxygen atoms in total. The van der Waals surface area contributed by atoms with Gasteiger partial charge in [-0.3, -0.25) is 14.5 Å². The monoisotopic (exact) mass is 371 g/mol. The topological polar surface area (TPSA) is 75.4 Å². The third kappa shape index (κ3) is 6.65. The van der Waals surface area contributed by atoms with E-state index in [0.717, 1.165) is 37.3 Å². The Kier molecular flexibility index (Phi) is 7.27. The maximum absolute atomic E-state index is 12.7. The van der Waals surface area contributed by atoms with Gasteiger partial charge in [-0.1, -0.05) is 62.4 Å². The van der Waals surface area contributed by atoms with E-state index in [2.05, 4.69) is 17.4 Å². The molecule has 148 valence electrons. The van der Waals surface area contributed by atoms with Crippen LogP contribution in [0.4, 0.5) is 0 Å². The summed E-state index contributed by atoms with van der Waals surface area (Å²) >= 11 is 0. The summed E-state index contributed by atoms with van der Waals surface area (Å²) in [6, 6.07) is 10.3. The van der Waals surface area contributed by atoms with Crippen LogP contribution in [0.25, 0.3) is 0 Å². The SMILES string of the molecule is NC(=O)CN(CCC1CCCCC1)CC(=O)NC(c1ccccc1)C1CC1. The second-order valence-electron chi connectivity index (χ2n) is 8.26. The second kappa shape index (κ2) is 9.88. The zero-order chi connectivity index (χ0) is 19.1. The van der Waals surface area contributed by atoms with Crippen LogP contribution in [0.15, 0.2) is 30.3 Å². The summed E-state index contributed by atoms with van der Waals surface area (Å²) < 4.78 is 0. The van der Waals surface area contributed by atoms with Gasteiger partial charge in [0, 0.05) is 0 Å². The Morgan fingerprint density at radius 1 is 1.04 bits per heavy atom. The summed E-state index contributed by atoms with van der Waals surface area (Å²) in [7, 11) is 0. The lowest BCUT2D eigenvalue weighted by atomic mass is 9.87. The molecule has 0 radical (unpaired) electrons. The minimum absolute atomic E-state index is 0.0133. The highest BCUT2D eigenvalue weighted by Gasteiger charge is 2.33. The van der Waals surface area contributed by atoms with Crippen LogP contribution < -0.4 is 11.1 Å². The zero-order valence-electron chi connectivity index (χ0n) is 16.2. The van der Waals surface area contributed by atoms with Gasteiger partial charge >= 0.3 is 0 Å². The summed E-state index contributed by atoms with van der Waals surface area (Å²) in [5, 5.41) is 3.20. The molecule has 27 heavy (non-hydrogen) atoms. The molecule has 1 aromatic carbocycles. The first-order valence-corrected chi connectivity index (χ1v) is 10.5. The minimum atomic E-state index is -0.367. The van der Waals surface area contributed by atoms with Gasteiger partial charge in [0.25, 0.3) is 0 Å². The average Bonchev–Trinajstić information content (AvgIpc) is 3.50. The number of rotatable bonds is 10. The lowest BCUT2D eigenvalue weighted by Gasteiger charge is -2.27. The molecule has 0 spiro atoms. The molecule has 3 rings (SSSR count). The molecule has 2 amide bonds. The largest absolute Gasteiger partial charge is 0.369 e. The van der Waals surface area contributed by atoms with Crippen molar-refractivity contribution >= 4 is 11.8 Å². The number of hydrogen-bond acceptors (Lipinski definition) is 3. The number of benzene rings is 1. The summed E-state index contributed by atoms with van der Waals surface area (Å²) in [6.07, 6.45) is 9.86. The van der Waals surface area contributed by atoms with Crippen molar-refractivity contribution in [1.29, 1.82) is 0 Å². The van der Waals surface area contributed by atoms with E-state index < -0.39 is 0 Å². The quantitative estimate of drug-likeness (QED) is 0.664. The van der Waals surface area contributed by atoms with Gasteiger partial charge in [0.2, 0.25) is 11.8 Å². The maximum Gasteiger partial charge on any atom is 0.234 e. The lowest BCUT2D eigenvalue weighted by molar-refractivity contribution is -0.124. The van der Waals surface area contributed by atoms with E-state index in [0.29, 0.717) is 5.92 Å². The third-order valence-electron chi connectivity index (χ3n) is 5.89. The normalized spacial score (nSPS) is 19.0. The molecule has 3 N–H and O–H groups in total. The van der Waals surface area contributed by atoms with Gasteiger partial charge in [0.1, 0.15) is 0 Å². The van der Waals surface area contributed by atoms with E-state index in [4.69, 9.17) is 5.73 Å². The van der Waals surface area contributed by atoms with Gasteiger partial charge in [-0.15, -0.1) is 0 Å². The summed E-state index contributed by atoms with van der Waals surface area (Å²) in [5.74, 6) is 0.873. The van der Waals surface area contributed by atoms with Crippen LogP contribution in [-0.2, 0) is 9.59 Å². The number of carbonyl (C=O) groups is 2. The molecule has 0 aliphatic heterocycles. The van der Waals surface area contributed by atoms with Gasteiger partial charge in [-0.05, 0) is 43.2 Å². The van der Waals surface area contributed by atoms with Crippen molar-refractivity contribution in [2.45, 2.75) is 57.4 Å². The molecule has 0 bridgehead atoms. The van der Waals surface area contributed by atoms with E-state index in [-0.39, 0.29) is 30.9 Å². The van der Waals surface area contributed by atoms with Crippen LogP contribution in [0.3, 0.4) is 0 Å². The molecule has 0 saturated heterocycles. The van der Waals surface area contributed by atoms with E-state index in [1.54, 1.807) is 0 Å². The van der Waals surface area contributed by atoms with Crippen molar-refractivity contribution in [1.82, 2.24) is 10.2 Å². The molecule has 2 aliphatic rings. The van der Waals surface area contributed by atoms with Crippen molar-refractivity contribution in [2.75, 3.05) is 19.6 Å². The fraction of sp³-hybridized carbons (Fsp3) is 0.636. The van der Waals surface area contributed by atoms with Crippen molar-refractivity contribution < 1.29 is 9.59 Å².